The lowest BCUT2D eigenvalue weighted by atomic mass is 9.86. The summed E-state index contributed by atoms with van der Waals surface area (Å²) in [7, 11) is 0. The maximum atomic E-state index is 14.4. The first-order valence-electron chi connectivity index (χ1n) is 11.9. The fraction of sp³-hybridized carbons (Fsp3) is 0.462. The minimum atomic E-state index is -0.505. The number of ether oxygens (including phenoxy) is 2. The standard InChI is InChI=1S/C26H32FN5O3/c1-17-6-5-7-21(27)24(17)32-14-19(12-30-32)23-22(13-28-16-29-23)34-15-18-8-10-20(11-9-18)31-25(33)35-26(2,3)4/h5-7,12-14,16,18,20H,8-11,15H2,1-4H3,(H,31,33). The van der Waals surface area contributed by atoms with Gasteiger partial charge in [0.25, 0.3) is 0 Å². The van der Waals surface area contributed by atoms with Gasteiger partial charge in [0.05, 0.1) is 19.0 Å². The molecule has 2 aromatic heterocycles. The third-order valence-electron chi connectivity index (χ3n) is 5.99. The molecule has 0 unspecified atom stereocenters. The van der Waals surface area contributed by atoms with E-state index in [9.17, 15) is 9.18 Å². The third-order valence-corrected chi connectivity index (χ3v) is 5.99. The highest BCUT2D eigenvalue weighted by Gasteiger charge is 2.25. The summed E-state index contributed by atoms with van der Waals surface area (Å²) in [6, 6.07) is 5.05. The van der Waals surface area contributed by atoms with Crippen molar-refractivity contribution >= 4 is 6.09 Å². The van der Waals surface area contributed by atoms with Gasteiger partial charge in [-0.3, -0.25) is 0 Å². The highest BCUT2D eigenvalue weighted by atomic mass is 19.1. The Bertz CT molecular complexity index is 1150. The van der Waals surface area contributed by atoms with E-state index in [-0.39, 0.29) is 18.0 Å². The average Bonchev–Trinajstić information content (AvgIpc) is 3.27. The first-order chi connectivity index (χ1) is 16.7. The van der Waals surface area contributed by atoms with Gasteiger partial charge in [0, 0.05) is 17.8 Å². The first kappa shape index (κ1) is 24.6. The molecular formula is C26H32FN5O3. The number of rotatable bonds is 6. The van der Waals surface area contributed by atoms with E-state index in [1.807, 2.05) is 33.8 Å². The van der Waals surface area contributed by atoms with Crippen molar-refractivity contribution in [2.45, 2.75) is 65.0 Å². The Balaban J connectivity index is 1.36. The molecule has 2 heterocycles. The molecule has 35 heavy (non-hydrogen) atoms. The Morgan fingerprint density at radius 1 is 1.20 bits per heavy atom. The molecule has 0 spiro atoms. The van der Waals surface area contributed by atoms with Gasteiger partial charge in [-0.25, -0.2) is 23.8 Å². The topological polar surface area (TPSA) is 91.2 Å². The summed E-state index contributed by atoms with van der Waals surface area (Å²) in [6.45, 7) is 7.94. The van der Waals surface area contributed by atoms with Crippen LogP contribution in [0.5, 0.6) is 5.75 Å². The summed E-state index contributed by atoms with van der Waals surface area (Å²) in [6.07, 6.45) is 9.75. The van der Waals surface area contributed by atoms with Crippen molar-refractivity contribution in [1.29, 1.82) is 0 Å². The number of amides is 1. The van der Waals surface area contributed by atoms with Crippen LogP contribution in [0.15, 0.2) is 43.1 Å². The first-order valence-corrected chi connectivity index (χ1v) is 11.9. The van der Waals surface area contributed by atoms with E-state index >= 15 is 0 Å². The van der Waals surface area contributed by atoms with Crippen LogP contribution in [-0.2, 0) is 4.74 Å². The lowest BCUT2D eigenvalue weighted by Gasteiger charge is -2.30. The zero-order chi connectivity index (χ0) is 25.0. The molecule has 1 aliphatic rings. The van der Waals surface area contributed by atoms with Crippen LogP contribution in [0.2, 0.25) is 0 Å². The second-order valence-corrected chi connectivity index (χ2v) is 9.99. The van der Waals surface area contributed by atoms with E-state index in [2.05, 4.69) is 20.4 Å². The minimum Gasteiger partial charge on any atom is -0.489 e. The van der Waals surface area contributed by atoms with Crippen LogP contribution >= 0.6 is 0 Å². The molecule has 9 heteroatoms. The van der Waals surface area contributed by atoms with Crippen LogP contribution in [0.4, 0.5) is 9.18 Å². The molecule has 3 aromatic rings. The summed E-state index contributed by atoms with van der Waals surface area (Å²) < 4.78 is 27.4. The zero-order valence-corrected chi connectivity index (χ0v) is 20.6. The number of nitrogens with zero attached hydrogens (tertiary/aromatic N) is 4. The van der Waals surface area contributed by atoms with Gasteiger partial charge in [-0.1, -0.05) is 12.1 Å². The molecule has 1 fully saturated rings. The fourth-order valence-corrected chi connectivity index (χ4v) is 4.28. The SMILES string of the molecule is Cc1cccc(F)c1-n1cc(-c2ncncc2OCC2CCC(NC(=O)OC(C)(C)C)CC2)cn1. The van der Waals surface area contributed by atoms with Gasteiger partial charge in [-0.05, 0) is 70.9 Å². The monoisotopic (exact) mass is 481 g/mol. The van der Waals surface area contributed by atoms with Crippen LogP contribution < -0.4 is 10.1 Å². The predicted octanol–water partition coefficient (Wildman–Crippen LogP) is 5.24. The zero-order valence-electron chi connectivity index (χ0n) is 20.6. The molecule has 0 atom stereocenters. The van der Waals surface area contributed by atoms with Gasteiger partial charge in [0.1, 0.15) is 29.1 Å². The molecule has 0 bridgehead atoms. The van der Waals surface area contributed by atoms with Crippen molar-refractivity contribution in [2.24, 2.45) is 5.92 Å². The molecule has 8 nitrogen and oxygen atoms in total. The molecule has 186 valence electrons. The number of nitrogens with one attached hydrogen (secondary N) is 1. The van der Waals surface area contributed by atoms with Crippen LogP contribution in [0.1, 0.15) is 52.0 Å². The second kappa shape index (κ2) is 10.4. The molecule has 1 N–H and O–H groups in total. The molecule has 0 radical (unpaired) electrons. The number of carbonyl (C=O) groups excluding carboxylic acids is 1. The number of aromatic nitrogens is 4. The lowest BCUT2D eigenvalue weighted by Crippen LogP contribution is -2.41. The van der Waals surface area contributed by atoms with Gasteiger partial charge >= 0.3 is 6.09 Å². The number of carbonyl (C=O) groups is 1. The third kappa shape index (κ3) is 6.35. The highest BCUT2D eigenvalue weighted by molar-refractivity contribution is 5.68. The molecule has 4 rings (SSSR count). The van der Waals surface area contributed by atoms with E-state index < -0.39 is 5.60 Å². The summed E-state index contributed by atoms with van der Waals surface area (Å²) in [4.78, 5) is 20.5. The van der Waals surface area contributed by atoms with Gasteiger partial charge in [0.15, 0.2) is 5.75 Å². The summed E-state index contributed by atoms with van der Waals surface area (Å²) >= 11 is 0. The Kier molecular flexibility index (Phi) is 7.33. The number of benzene rings is 1. The average molecular weight is 482 g/mol. The Morgan fingerprint density at radius 2 is 1.97 bits per heavy atom. The molecule has 1 aromatic carbocycles. The summed E-state index contributed by atoms with van der Waals surface area (Å²) in [5, 5.41) is 7.31. The smallest absolute Gasteiger partial charge is 0.407 e. The van der Waals surface area contributed by atoms with Crippen molar-refractivity contribution < 1.29 is 18.7 Å². The van der Waals surface area contributed by atoms with Crippen molar-refractivity contribution in [1.82, 2.24) is 25.1 Å². The molecule has 0 saturated heterocycles. The maximum Gasteiger partial charge on any atom is 0.407 e. The van der Waals surface area contributed by atoms with Crippen molar-refractivity contribution in [3.8, 4) is 22.7 Å². The van der Waals surface area contributed by atoms with Crippen LogP contribution in [0.3, 0.4) is 0 Å². The van der Waals surface area contributed by atoms with E-state index in [0.29, 0.717) is 29.7 Å². The molecule has 0 aliphatic heterocycles. The van der Waals surface area contributed by atoms with Gasteiger partial charge in [-0.2, -0.15) is 5.10 Å². The maximum absolute atomic E-state index is 14.4. The largest absolute Gasteiger partial charge is 0.489 e. The lowest BCUT2D eigenvalue weighted by molar-refractivity contribution is 0.0483. The van der Waals surface area contributed by atoms with Gasteiger partial charge < -0.3 is 14.8 Å². The Hall–Kier alpha value is -3.49. The van der Waals surface area contributed by atoms with E-state index in [1.165, 1.54) is 17.1 Å². The van der Waals surface area contributed by atoms with Crippen LogP contribution in [-0.4, -0.2) is 44.1 Å². The molecule has 1 saturated carbocycles. The number of hydrogen-bond acceptors (Lipinski definition) is 6. The summed E-state index contributed by atoms with van der Waals surface area (Å²) in [5.41, 5.74) is 2.02. The Labute approximate surface area is 204 Å². The summed E-state index contributed by atoms with van der Waals surface area (Å²) in [5.74, 6) is 0.588. The van der Waals surface area contributed by atoms with E-state index in [1.54, 1.807) is 24.7 Å². The highest BCUT2D eigenvalue weighted by Crippen LogP contribution is 2.30. The fourth-order valence-electron chi connectivity index (χ4n) is 4.28. The second-order valence-electron chi connectivity index (χ2n) is 9.99. The van der Waals surface area contributed by atoms with E-state index in [0.717, 1.165) is 36.8 Å². The number of hydrogen-bond donors (Lipinski definition) is 1. The quantitative estimate of drug-likeness (QED) is 0.518. The molecule has 1 amide bonds. The van der Waals surface area contributed by atoms with Crippen molar-refractivity contribution in [2.75, 3.05) is 6.61 Å². The van der Waals surface area contributed by atoms with E-state index in [4.69, 9.17) is 9.47 Å². The molecule has 1 aliphatic carbocycles. The van der Waals surface area contributed by atoms with Gasteiger partial charge in [0.2, 0.25) is 0 Å². The van der Waals surface area contributed by atoms with Gasteiger partial charge in [-0.15, -0.1) is 0 Å². The van der Waals surface area contributed by atoms with Crippen LogP contribution in [0.25, 0.3) is 16.9 Å². The minimum absolute atomic E-state index is 0.115. The Morgan fingerprint density at radius 3 is 2.69 bits per heavy atom. The number of aryl methyl sites for hydroxylation is 1. The van der Waals surface area contributed by atoms with Crippen LogP contribution in [0, 0.1) is 18.7 Å². The number of halogens is 1. The van der Waals surface area contributed by atoms with Crippen molar-refractivity contribution in [3.63, 3.8) is 0 Å². The normalized spacial score (nSPS) is 18.2. The predicted molar refractivity (Wildman–Crippen MR) is 130 cm³/mol. The molecular weight excluding hydrogens is 449 g/mol. The number of para-hydroxylation sites is 1. The van der Waals surface area contributed by atoms with Crippen molar-refractivity contribution in [3.05, 3.63) is 54.5 Å². The number of alkyl carbamates (subject to hydrolysis) is 1.